The Morgan fingerprint density at radius 3 is 2.40 bits per heavy atom. The fraction of sp³-hybridized carbons (Fsp3) is 0.344. The molecule has 1 aliphatic rings. The number of ether oxygens (including phenoxy) is 4. The number of aromatic carboxylic acids is 1. The van der Waals surface area contributed by atoms with Gasteiger partial charge in [0.25, 0.3) is 0 Å². The van der Waals surface area contributed by atoms with E-state index in [0.29, 0.717) is 41.6 Å². The van der Waals surface area contributed by atoms with Gasteiger partial charge < -0.3 is 39.6 Å². The SMILES string of the molecule is COc1cc(CC(=O)N(CCOc2ccc(C(=O)O)cc2)CC2COC(C)(C)O2)ccc1NC(=O)Nc1ccccc1C. The number of carboxylic acids is 1. The van der Waals surface area contributed by atoms with Crippen LogP contribution in [0, 0.1) is 6.92 Å². The second-order valence-electron chi connectivity index (χ2n) is 10.6. The van der Waals surface area contributed by atoms with Crippen molar-refractivity contribution in [3.63, 3.8) is 0 Å². The maximum Gasteiger partial charge on any atom is 0.335 e. The minimum Gasteiger partial charge on any atom is -0.495 e. The van der Waals surface area contributed by atoms with Gasteiger partial charge in [0.2, 0.25) is 5.91 Å². The summed E-state index contributed by atoms with van der Waals surface area (Å²) in [5.74, 6) is -0.990. The van der Waals surface area contributed by atoms with Gasteiger partial charge in [0.15, 0.2) is 5.79 Å². The Hall–Kier alpha value is -4.61. The van der Waals surface area contributed by atoms with E-state index in [1.165, 1.54) is 19.2 Å². The van der Waals surface area contributed by atoms with Gasteiger partial charge in [-0.15, -0.1) is 0 Å². The molecule has 1 atom stereocenters. The highest BCUT2D eigenvalue weighted by Crippen LogP contribution is 2.27. The number of benzene rings is 3. The molecule has 4 rings (SSSR count). The van der Waals surface area contributed by atoms with Gasteiger partial charge in [-0.1, -0.05) is 24.3 Å². The molecular weight excluding hydrogens is 554 g/mol. The van der Waals surface area contributed by atoms with Gasteiger partial charge in [-0.3, -0.25) is 4.79 Å². The molecule has 0 spiro atoms. The average molecular weight is 592 g/mol. The molecule has 3 amide bonds. The van der Waals surface area contributed by atoms with E-state index in [4.69, 9.17) is 24.1 Å². The predicted molar refractivity (Wildman–Crippen MR) is 161 cm³/mol. The topological polar surface area (TPSA) is 136 Å². The molecular formula is C32H37N3O8. The largest absolute Gasteiger partial charge is 0.495 e. The molecule has 1 heterocycles. The molecule has 0 saturated carbocycles. The van der Waals surface area contributed by atoms with E-state index in [1.807, 2.05) is 45.0 Å². The van der Waals surface area contributed by atoms with E-state index in [-0.39, 0.29) is 37.1 Å². The molecule has 228 valence electrons. The van der Waals surface area contributed by atoms with Gasteiger partial charge in [0.05, 0.1) is 37.9 Å². The fourth-order valence-electron chi connectivity index (χ4n) is 4.61. The van der Waals surface area contributed by atoms with Crippen molar-refractivity contribution in [2.24, 2.45) is 0 Å². The lowest BCUT2D eigenvalue weighted by Gasteiger charge is -2.26. The summed E-state index contributed by atoms with van der Waals surface area (Å²) in [6.45, 7) is 6.68. The van der Waals surface area contributed by atoms with Crippen molar-refractivity contribution in [1.82, 2.24) is 4.90 Å². The van der Waals surface area contributed by atoms with E-state index in [1.54, 1.807) is 35.2 Å². The van der Waals surface area contributed by atoms with Crippen LogP contribution in [0.15, 0.2) is 66.7 Å². The Kier molecular flexibility index (Phi) is 10.2. The van der Waals surface area contributed by atoms with Crippen molar-refractivity contribution in [1.29, 1.82) is 0 Å². The third-order valence-electron chi connectivity index (χ3n) is 6.84. The molecule has 3 N–H and O–H groups in total. The molecule has 1 unspecified atom stereocenters. The van der Waals surface area contributed by atoms with E-state index in [2.05, 4.69) is 10.6 Å². The van der Waals surface area contributed by atoms with Gasteiger partial charge in [-0.05, 0) is 74.4 Å². The molecule has 1 saturated heterocycles. The number of urea groups is 1. The summed E-state index contributed by atoms with van der Waals surface area (Å²) < 4.78 is 22.9. The lowest BCUT2D eigenvalue weighted by Crippen LogP contribution is -2.42. The minimum atomic E-state index is -1.02. The first-order valence-corrected chi connectivity index (χ1v) is 13.9. The molecule has 0 bridgehead atoms. The second kappa shape index (κ2) is 14.0. The number of carbonyl (C=O) groups excluding carboxylic acids is 2. The quantitative estimate of drug-likeness (QED) is 0.269. The van der Waals surface area contributed by atoms with Crippen LogP contribution in [0.3, 0.4) is 0 Å². The van der Waals surface area contributed by atoms with Crippen molar-refractivity contribution in [3.8, 4) is 11.5 Å². The Morgan fingerprint density at radius 2 is 1.74 bits per heavy atom. The molecule has 0 aliphatic carbocycles. The normalized spacial score (nSPS) is 15.4. The van der Waals surface area contributed by atoms with Crippen LogP contribution in [0.4, 0.5) is 16.2 Å². The molecule has 1 fully saturated rings. The fourth-order valence-corrected chi connectivity index (χ4v) is 4.61. The number of anilines is 2. The van der Waals surface area contributed by atoms with Gasteiger partial charge in [0.1, 0.15) is 24.2 Å². The summed E-state index contributed by atoms with van der Waals surface area (Å²) >= 11 is 0. The van der Waals surface area contributed by atoms with E-state index in [9.17, 15) is 14.4 Å². The lowest BCUT2D eigenvalue weighted by atomic mass is 10.1. The van der Waals surface area contributed by atoms with Crippen LogP contribution in [0.5, 0.6) is 11.5 Å². The van der Waals surface area contributed by atoms with Crippen molar-refractivity contribution < 1.29 is 38.4 Å². The summed E-state index contributed by atoms with van der Waals surface area (Å²) in [6, 6.07) is 18.3. The molecule has 11 nitrogen and oxygen atoms in total. The molecule has 11 heteroatoms. The number of carbonyl (C=O) groups is 3. The highest BCUT2D eigenvalue weighted by Gasteiger charge is 2.34. The Morgan fingerprint density at radius 1 is 1.02 bits per heavy atom. The predicted octanol–water partition coefficient (Wildman–Crippen LogP) is 4.95. The minimum absolute atomic E-state index is 0.0797. The molecule has 0 radical (unpaired) electrons. The van der Waals surface area contributed by atoms with E-state index >= 15 is 0 Å². The number of nitrogens with one attached hydrogen (secondary N) is 2. The molecule has 1 aliphatic heterocycles. The zero-order chi connectivity index (χ0) is 31.0. The third-order valence-corrected chi connectivity index (χ3v) is 6.84. The van der Waals surface area contributed by atoms with Crippen molar-refractivity contribution in [3.05, 3.63) is 83.4 Å². The maximum atomic E-state index is 13.5. The van der Waals surface area contributed by atoms with Crippen LogP contribution < -0.4 is 20.1 Å². The first-order chi connectivity index (χ1) is 20.5. The van der Waals surface area contributed by atoms with Crippen molar-refractivity contribution in [2.75, 3.05) is 44.0 Å². The summed E-state index contributed by atoms with van der Waals surface area (Å²) in [6.07, 6.45) is -0.224. The number of para-hydroxylation sites is 1. The molecule has 3 aromatic rings. The van der Waals surface area contributed by atoms with Crippen LogP contribution >= 0.6 is 0 Å². The van der Waals surface area contributed by atoms with Crippen LogP contribution in [0.1, 0.15) is 35.3 Å². The molecule has 3 aromatic carbocycles. The second-order valence-corrected chi connectivity index (χ2v) is 10.6. The first kappa shape index (κ1) is 31.3. The van der Waals surface area contributed by atoms with Crippen LogP contribution in [-0.2, 0) is 20.7 Å². The van der Waals surface area contributed by atoms with Gasteiger partial charge in [0, 0.05) is 12.2 Å². The van der Waals surface area contributed by atoms with Gasteiger partial charge >= 0.3 is 12.0 Å². The van der Waals surface area contributed by atoms with Crippen molar-refractivity contribution >= 4 is 29.3 Å². The lowest BCUT2D eigenvalue weighted by molar-refractivity contribution is -0.146. The van der Waals surface area contributed by atoms with Gasteiger partial charge in [-0.2, -0.15) is 0 Å². The number of hydrogen-bond donors (Lipinski definition) is 3. The average Bonchev–Trinajstić information content (AvgIpc) is 3.32. The maximum absolute atomic E-state index is 13.5. The smallest absolute Gasteiger partial charge is 0.335 e. The van der Waals surface area contributed by atoms with Crippen LogP contribution in [0.2, 0.25) is 0 Å². The standard InChI is InChI=1S/C32H37N3O8/c1-21-7-5-6-8-26(21)33-31(39)34-27-14-9-22(17-28(27)40-4)18-29(36)35(19-25-20-42-32(2,3)43-25)15-16-41-24-12-10-23(11-13-24)30(37)38/h5-14,17,25H,15-16,18-20H2,1-4H3,(H,37,38)(H2,33,34,39). The van der Waals surface area contributed by atoms with Crippen LogP contribution in [0.25, 0.3) is 0 Å². The van der Waals surface area contributed by atoms with Crippen molar-refractivity contribution in [2.45, 2.75) is 39.1 Å². The number of aryl methyl sites for hydroxylation is 1. The number of hydrogen-bond acceptors (Lipinski definition) is 7. The number of methoxy groups -OCH3 is 1. The Bertz CT molecular complexity index is 1440. The highest BCUT2D eigenvalue weighted by atomic mass is 16.7. The number of amides is 3. The highest BCUT2D eigenvalue weighted by molar-refractivity contribution is 6.01. The Balaban J connectivity index is 1.40. The van der Waals surface area contributed by atoms with E-state index < -0.39 is 17.8 Å². The first-order valence-electron chi connectivity index (χ1n) is 13.9. The zero-order valence-electron chi connectivity index (χ0n) is 24.7. The van der Waals surface area contributed by atoms with Crippen LogP contribution in [-0.4, -0.2) is 73.2 Å². The molecule has 43 heavy (non-hydrogen) atoms. The molecule has 0 aromatic heterocycles. The van der Waals surface area contributed by atoms with Gasteiger partial charge in [-0.25, -0.2) is 9.59 Å². The summed E-state index contributed by atoms with van der Waals surface area (Å²) in [7, 11) is 1.50. The summed E-state index contributed by atoms with van der Waals surface area (Å²) in [5.41, 5.74) is 2.95. The zero-order valence-corrected chi connectivity index (χ0v) is 24.7. The third kappa shape index (κ3) is 8.94. The number of carboxylic acid groups (broad SMARTS) is 1. The monoisotopic (exact) mass is 591 g/mol. The number of rotatable bonds is 12. The number of nitrogens with zero attached hydrogens (tertiary/aromatic N) is 1. The van der Waals surface area contributed by atoms with E-state index in [0.717, 1.165) is 5.56 Å². The Labute approximate surface area is 250 Å². The summed E-state index contributed by atoms with van der Waals surface area (Å²) in [5, 5.41) is 14.7. The summed E-state index contributed by atoms with van der Waals surface area (Å²) in [4.78, 5) is 38.9.